The van der Waals surface area contributed by atoms with E-state index in [4.69, 9.17) is 20.6 Å². The lowest BCUT2D eigenvalue weighted by atomic mass is 10.2. The maximum Gasteiger partial charge on any atom is 0.355 e. The van der Waals surface area contributed by atoms with E-state index in [-0.39, 0.29) is 0 Å². The van der Waals surface area contributed by atoms with Crippen LogP contribution >= 0.6 is 19.2 Å². The van der Waals surface area contributed by atoms with Crippen molar-refractivity contribution in [1.29, 1.82) is 0 Å². The Hall–Kier alpha value is -0.600. The summed E-state index contributed by atoms with van der Waals surface area (Å²) in [5.74, 6) is 1.36. The van der Waals surface area contributed by atoms with Crippen molar-refractivity contribution in [2.75, 3.05) is 13.2 Å². The van der Waals surface area contributed by atoms with Crippen molar-refractivity contribution in [3.8, 4) is 0 Å². The van der Waals surface area contributed by atoms with E-state index in [1.54, 1.807) is 13.8 Å². The molecule has 0 saturated heterocycles. The third-order valence-corrected chi connectivity index (χ3v) is 4.23. The van der Waals surface area contributed by atoms with Crippen LogP contribution in [0.25, 0.3) is 5.03 Å². The molecule has 0 unspecified atom stereocenters. The van der Waals surface area contributed by atoms with E-state index >= 15 is 0 Å². The van der Waals surface area contributed by atoms with Gasteiger partial charge in [-0.15, -0.1) is 0 Å². The van der Waals surface area contributed by atoms with Crippen molar-refractivity contribution in [3.05, 3.63) is 41.7 Å². The van der Waals surface area contributed by atoms with Crippen LogP contribution in [-0.2, 0) is 13.6 Å². The van der Waals surface area contributed by atoms with E-state index < -0.39 is 7.60 Å². The highest BCUT2D eigenvalue weighted by atomic mass is 35.5. The smallest absolute Gasteiger partial charge is 0.306 e. The summed E-state index contributed by atoms with van der Waals surface area (Å²) in [7, 11) is -3.23. The monoisotopic (exact) mass is 274 g/mol. The van der Waals surface area contributed by atoms with Crippen molar-refractivity contribution >= 4 is 24.2 Å². The second-order valence-electron chi connectivity index (χ2n) is 3.22. The molecule has 0 atom stereocenters. The highest BCUT2D eigenvalue weighted by Crippen LogP contribution is 2.52. The van der Waals surface area contributed by atoms with Gasteiger partial charge < -0.3 is 9.05 Å². The van der Waals surface area contributed by atoms with Crippen LogP contribution in [-0.4, -0.2) is 13.2 Å². The Labute approximate surface area is 107 Å². The summed E-state index contributed by atoms with van der Waals surface area (Å²) in [5.41, 5.74) is 0.786. The molecule has 0 heterocycles. The van der Waals surface area contributed by atoms with Crippen molar-refractivity contribution in [2.45, 2.75) is 13.8 Å². The van der Waals surface area contributed by atoms with E-state index in [2.05, 4.69) is 0 Å². The van der Waals surface area contributed by atoms with Crippen molar-refractivity contribution in [3.63, 3.8) is 0 Å². The lowest BCUT2D eigenvalue weighted by Crippen LogP contribution is -1.93. The Balaban J connectivity index is 2.95. The fourth-order valence-corrected chi connectivity index (χ4v) is 3.14. The first-order valence-corrected chi connectivity index (χ1v) is 7.43. The molecule has 0 aliphatic heterocycles. The molecule has 0 fully saturated rings. The number of halogens is 1. The Kier molecular flexibility index (Phi) is 5.93. The standard InChI is InChI=1S/C12H16ClO3P/c1-3-15-17(14,16-4-2)10-12(13)11-8-6-5-7-9-11/h5-10H,3-4H2,1-2H3. The van der Waals surface area contributed by atoms with Crippen LogP contribution < -0.4 is 0 Å². The molecule has 0 aliphatic carbocycles. The molecule has 5 heteroatoms. The van der Waals surface area contributed by atoms with Crippen LogP contribution in [0.4, 0.5) is 0 Å². The van der Waals surface area contributed by atoms with Gasteiger partial charge in [0, 0.05) is 5.82 Å². The maximum absolute atomic E-state index is 12.2. The molecule has 0 aliphatic rings. The number of rotatable bonds is 6. The lowest BCUT2D eigenvalue weighted by Gasteiger charge is -2.13. The maximum atomic E-state index is 12.2. The molecule has 1 rings (SSSR count). The Morgan fingerprint density at radius 1 is 1.24 bits per heavy atom. The summed E-state index contributed by atoms with van der Waals surface area (Å²) in [6, 6.07) is 9.27. The molecule has 1 aromatic carbocycles. The minimum absolute atomic E-state index is 0.312. The summed E-state index contributed by atoms with van der Waals surface area (Å²) in [6.07, 6.45) is 0. The average Bonchev–Trinajstić information content (AvgIpc) is 2.30. The zero-order valence-corrected chi connectivity index (χ0v) is 11.6. The van der Waals surface area contributed by atoms with E-state index in [0.717, 1.165) is 5.56 Å². The largest absolute Gasteiger partial charge is 0.355 e. The molecule has 0 saturated carbocycles. The van der Waals surface area contributed by atoms with E-state index in [1.807, 2.05) is 30.3 Å². The molecule has 0 bridgehead atoms. The summed E-state index contributed by atoms with van der Waals surface area (Å²) < 4.78 is 22.5. The molecule has 3 nitrogen and oxygen atoms in total. The van der Waals surface area contributed by atoms with E-state index in [9.17, 15) is 4.57 Å². The summed E-state index contributed by atoms with van der Waals surface area (Å²) >= 11 is 6.09. The van der Waals surface area contributed by atoms with Gasteiger partial charge in [0.25, 0.3) is 0 Å². The van der Waals surface area contributed by atoms with Gasteiger partial charge in [0.15, 0.2) is 0 Å². The molecule has 0 radical (unpaired) electrons. The predicted molar refractivity (Wildman–Crippen MR) is 71.1 cm³/mol. The summed E-state index contributed by atoms with van der Waals surface area (Å²) in [5, 5.41) is 0.371. The molecule has 0 amide bonds. The van der Waals surface area contributed by atoms with Gasteiger partial charge in [-0.3, -0.25) is 4.57 Å². The van der Waals surface area contributed by atoms with Crippen LogP contribution in [0.15, 0.2) is 36.1 Å². The molecular formula is C12H16ClO3P. The van der Waals surface area contributed by atoms with Crippen LogP contribution in [0.3, 0.4) is 0 Å². The zero-order chi connectivity index (χ0) is 12.7. The van der Waals surface area contributed by atoms with Gasteiger partial charge in [-0.05, 0) is 19.4 Å². The average molecular weight is 275 g/mol. The van der Waals surface area contributed by atoms with Crippen molar-refractivity contribution in [1.82, 2.24) is 0 Å². The third kappa shape index (κ3) is 4.64. The first kappa shape index (κ1) is 14.5. The van der Waals surface area contributed by atoms with Gasteiger partial charge in [0.05, 0.1) is 18.2 Å². The molecule has 0 spiro atoms. The molecule has 17 heavy (non-hydrogen) atoms. The molecule has 0 N–H and O–H groups in total. The molecule has 0 aromatic heterocycles. The Bertz CT molecular complexity index is 407. The number of hydrogen-bond donors (Lipinski definition) is 0. The van der Waals surface area contributed by atoms with Crippen LogP contribution in [0.5, 0.6) is 0 Å². The number of benzene rings is 1. The van der Waals surface area contributed by atoms with Crippen LogP contribution in [0, 0.1) is 0 Å². The van der Waals surface area contributed by atoms with Crippen molar-refractivity contribution < 1.29 is 13.6 Å². The Morgan fingerprint density at radius 3 is 2.24 bits per heavy atom. The van der Waals surface area contributed by atoms with Gasteiger partial charge in [0.1, 0.15) is 0 Å². The van der Waals surface area contributed by atoms with Crippen LogP contribution in [0.2, 0.25) is 0 Å². The lowest BCUT2D eigenvalue weighted by molar-refractivity contribution is 0.229. The van der Waals surface area contributed by atoms with Gasteiger partial charge in [-0.2, -0.15) is 0 Å². The molecular weight excluding hydrogens is 259 g/mol. The van der Waals surface area contributed by atoms with Crippen molar-refractivity contribution in [2.24, 2.45) is 0 Å². The first-order valence-electron chi connectivity index (χ1n) is 5.44. The fraction of sp³-hybridized carbons (Fsp3) is 0.333. The predicted octanol–water partition coefficient (Wildman–Crippen LogP) is 4.49. The quantitative estimate of drug-likeness (QED) is 0.717. The topological polar surface area (TPSA) is 35.5 Å². The summed E-state index contributed by atoms with van der Waals surface area (Å²) in [4.78, 5) is 0. The zero-order valence-electron chi connectivity index (χ0n) is 9.93. The van der Waals surface area contributed by atoms with Gasteiger partial charge >= 0.3 is 7.60 Å². The van der Waals surface area contributed by atoms with Gasteiger partial charge in [0.2, 0.25) is 0 Å². The number of hydrogen-bond acceptors (Lipinski definition) is 3. The minimum Gasteiger partial charge on any atom is -0.306 e. The normalized spacial score (nSPS) is 12.8. The van der Waals surface area contributed by atoms with Crippen LogP contribution in [0.1, 0.15) is 19.4 Å². The SMILES string of the molecule is CCOP(=O)(C=C(Cl)c1ccccc1)OCC. The third-order valence-electron chi connectivity index (χ3n) is 1.94. The molecule has 1 aromatic rings. The second-order valence-corrected chi connectivity index (χ2v) is 5.48. The molecule has 94 valence electrons. The summed E-state index contributed by atoms with van der Waals surface area (Å²) in [6.45, 7) is 4.14. The first-order chi connectivity index (χ1) is 8.11. The second kappa shape index (κ2) is 6.97. The van der Waals surface area contributed by atoms with Gasteiger partial charge in [-0.25, -0.2) is 0 Å². The Morgan fingerprint density at radius 2 is 1.76 bits per heavy atom. The highest BCUT2D eigenvalue weighted by molar-refractivity contribution is 7.57. The highest BCUT2D eigenvalue weighted by Gasteiger charge is 2.21. The van der Waals surface area contributed by atoms with Gasteiger partial charge in [-0.1, -0.05) is 41.9 Å². The fourth-order valence-electron chi connectivity index (χ4n) is 1.28. The van der Waals surface area contributed by atoms with E-state index in [1.165, 1.54) is 5.82 Å². The minimum atomic E-state index is -3.23. The van der Waals surface area contributed by atoms with E-state index in [0.29, 0.717) is 18.2 Å².